The number of hydrogen-bond donors (Lipinski definition) is 3. The van der Waals surface area contributed by atoms with Crippen LogP contribution in [-0.2, 0) is 4.79 Å². The predicted molar refractivity (Wildman–Crippen MR) is 68.5 cm³/mol. The number of amides is 1. The number of rotatable bonds is 5. The maximum absolute atomic E-state index is 12.0. The van der Waals surface area contributed by atoms with Gasteiger partial charge in [0.1, 0.15) is 0 Å². The van der Waals surface area contributed by atoms with Crippen LogP contribution in [0.1, 0.15) is 52.4 Å². The highest BCUT2D eigenvalue weighted by atomic mass is 16.3. The van der Waals surface area contributed by atoms with E-state index in [9.17, 15) is 9.90 Å². The molecule has 0 aromatic rings. The van der Waals surface area contributed by atoms with Crippen LogP contribution in [0.25, 0.3) is 0 Å². The summed E-state index contributed by atoms with van der Waals surface area (Å²) in [6.07, 6.45) is 5.18. The Labute approximate surface area is 104 Å². The molecule has 0 aromatic heterocycles. The molecule has 2 unspecified atom stereocenters. The van der Waals surface area contributed by atoms with E-state index in [-0.39, 0.29) is 11.8 Å². The van der Waals surface area contributed by atoms with Gasteiger partial charge in [-0.1, -0.05) is 39.5 Å². The third-order valence-corrected chi connectivity index (χ3v) is 3.97. The minimum absolute atomic E-state index is 0.0976. The molecule has 0 bridgehead atoms. The van der Waals surface area contributed by atoms with Gasteiger partial charge in [-0.05, 0) is 18.8 Å². The van der Waals surface area contributed by atoms with Crippen molar-refractivity contribution in [1.29, 1.82) is 0 Å². The van der Waals surface area contributed by atoms with Crippen LogP contribution < -0.4 is 11.1 Å². The molecule has 2 atom stereocenters. The molecule has 1 rings (SSSR count). The zero-order valence-electron chi connectivity index (χ0n) is 11.0. The lowest BCUT2D eigenvalue weighted by Gasteiger charge is -2.32. The summed E-state index contributed by atoms with van der Waals surface area (Å²) >= 11 is 0. The van der Waals surface area contributed by atoms with Crippen molar-refractivity contribution >= 4 is 5.91 Å². The molecule has 100 valence electrons. The zero-order chi connectivity index (χ0) is 12.9. The summed E-state index contributed by atoms with van der Waals surface area (Å²) in [7, 11) is 0. The van der Waals surface area contributed by atoms with E-state index in [1.54, 1.807) is 0 Å². The number of nitrogens with one attached hydrogen (secondary N) is 1. The molecule has 0 saturated heterocycles. The second-order valence-electron chi connectivity index (χ2n) is 5.38. The van der Waals surface area contributed by atoms with Crippen molar-refractivity contribution in [3.8, 4) is 0 Å². The van der Waals surface area contributed by atoms with Gasteiger partial charge in [0.15, 0.2) is 0 Å². The second-order valence-corrected chi connectivity index (χ2v) is 5.38. The first-order valence-electron chi connectivity index (χ1n) is 6.75. The smallest absolute Gasteiger partial charge is 0.240 e. The number of aliphatic hydroxyl groups is 1. The van der Waals surface area contributed by atoms with Gasteiger partial charge < -0.3 is 16.2 Å². The van der Waals surface area contributed by atoms with Crippen molar-refractivity contribution in [2.45, 2.75) is 64.0 Å². The van der Waals surface area contributed by atoms with Gasteiger partial charge in [0.25, 0.3) is 0 Å². The first kappa shape index (κ1) is 14.5. The van der Waals surface area contributed by atoms with Crippen LogP contribution in [-0.4, -0.2) is 29.2 Å². The number of hydrogen-bond acceptors (Lipinski definition) is 3. The second kappa shape index (κ2) is 6.36. The zero-order valence-corrected chi connectivity index (χ0v) is 11.0. The summed E-state index contributed by atoms with van der Waals surface area (Å²) in [5, 5.41) is 12.6. The summed E-state index contributed by atoms with van der Waals surface area (Å²) in [4.78, 5) is 12.0. The van der Waals surface area contributed by atoms with E-state index in [4.69, 9.17) is 5.73 Å². The van der Waals surface area contributed by atoms with E-state index in [0.717, 1.165) is 32.1 Å². The standard InChI is InChI=1S/C13H26N2O2/c1-3-10(2)11(16)9-15-12(17)13(14)7-5-4-6-8-13/h10-11,16H,3-9,14H2,1-2H3,(H,15,17). The Morgan fingerprint density at radius 1 is 1.41 bits per heavy atom. The topological polar surface area (TPSA) is 75.3 Å². The molecular weight excluding hydrogens is 216 g/mol. The number of nitrogens with two attached hydrogens (primary N) is 1. The molecule has 4 nitrogen and oxygen atoms in total. The molecule has 1 aliphatic carbocycles. The van der Waals surface area contributed by atoms with Crippen LogP contribution in [0.15, 0.2) is 0 Å². The molecule has 17 heavy (non-hydrogen) atoms. The minimum Gasteiger partial charge on any atom is -0.391 e. The Kier molecular flexibility index (Phi) is 5.40. The molecule has 1 fully saturated rings. The monoisotopic (exact) mass is 242 g/mol. The van der Waals surface area contributed by atoms with E-state index in [2.05, 4.69) is 5.32 Å². The van der Waals surface area contributed by atoms with Gasteiger partial charge in [-0.3, -0.25) is 4.79 Å². The van der Waals surface area contributed by atoms with Crippen molar-refractivity contribution in [3.05, 3.63) is 0 Å². The quantitative estimate of drug-likeness (QED) is 0.677. The lowest BCUT2D eigenvalue weighted by molar-refractivity contribution is -0.128. The van der Waals surface area contributed by atoms with Gasteiger partial charge in [0.05, 0.1) is 11.6 Å². The van der Waals surface area contributed by atoms with Crippen LogP contribution in [0.4, 0.5) is 0 Å². The van der Waals surface area contributed by atoms with Gasteiger partial charge in [-0.2, -0.15) is 0 Å². The van der Waals surface area contributed by atoms with Crippen LogP contribution >= 0.6 is 0 Å². The van der Waals surface area contributed by atoms with E-state index in [0.29, 0.717) is 6.54 Å². The summed E-state index contributed by atoms with van der Waals surface area (Å²) in [6.45, 7) is 4.32. The Hall–Kier alpha value is -0.610. The van der Waals surface area contributed by atoms with Crippen molar-refractivity contribution in [1.82, 2.24) is 5.32 Å². The Bertz CT molecular complexity index is 250. The Morgan fingerprint density at radius 3 is 2.53 bits per heavy atom. The van der Waals surface area contributed by atoms with Crippen LogP contribution in [0.2, 0.25) is 0 Å². The number of aliphatic hydroxyl groups excluding tert-OH is 1. The van der Waals surface area contributed by atoms with Crippen molar-refractivity contribution in [3.63, 3.8) is 0 Å². The fourth-order valence-corrected chi connectivity index (χ4v) is 2.26. The molecule has 0 heterocycles. The average Bonchev–Trinajstić information content (AvgIpc) is 2.35. The fourth-order valence-electron chi connectivity index (χ4n) is 2.26. The molecule has 1 amide bonds. The van der Waals surface area contributed by atoms with Crippen LogP contribution in [0, 0.1) is 5.92 Å². The first-order valence-corrected chi connectivity index (χ1v) is 6.75. The van der Waals surface area contributed by atoms with Crippen molar-refractivity contribution in [2.75, 3.05) is 6.54 Å². The third kappa shape index (κ3) is 3.96. The van der Waals surface area contributed by atoms with Gasteiger partial charge in [0.2, 0.25) is 5.91 Å². The SMILES string of the molecule is CCC(C)C(O)CNC(=O)C1(N)CCCCC1. The Morgan fingerprint density at radius 2 is 2.00 bits per heavy atom. The molecule has 1 saturated carbocycles. The highest BCUT2D eigenvalue weighted by Gasteiger charge is 2.35. The van der Waals surface area contributed by atoms with E-state index < -0.39 is 11.6 Å². The molecule has 0 radical (unpaired) electrons. The third-order valence-electron chi connectivity index (χ3n) is 3.97. The number of carbonyl (C=O) groups excluding carboxylic acids is 1. The van der Waals surface area contributed by atoms with Crippen molar-refractivity contribution < 1.29 is 9.90 Å². The number of carbonyl (C=O) groups is 1. The molecular formula is C13H26N2O2. The molecule has 0 aliphatic heterocycles. The highest BCUT2D eigenvalue weighted by Crippen LogP contribution is 2.25. The summed E-state index contributed by atoms with van der Waals surface area (Å²) in [5.74, 6) is 0.106. The molecule has 4 heteroatoms. The predicted octanol–water partition coefficient (Wildman–Crippen LogP) is 1.17. The van der Waals surface area contributed by atoms with Crippen LogP contribution in [0.3, 0.4) is 0 Å². The average molecular weight is 242 g/mol. The maximum Gasteiger partial charge on any atom is 0.240 e. The van der Waals surface area contributed by atoms with Crippen LogP contribution in [0.5, 0.6) is 0 Å². The van der Waals surface area contributed by atoms with E-state index in [1.807, 2.05) is 13.8 Å². The largest absolute Gasteiger partial charge is 0.391 e. The molecule has 4 N–H and O–H groups in total. The lowest BCUT2D eigenvalue weighted by Crippen LogP contribution is -2.56. The van der Waals surface area contributed by atoms with Gasteiger partial charge >= 0.3 is 0 Å². The molecule has 0 aromatic carbocycles. The summed E-state index contributed by atoms with van der Waals surface area (Å²) < 4.78 is 0. The summed E-state index contributed by atoms with van der Waals surface area (Å²) in [6, 6.07) is 0. The van der Waals surface area contributed by atoms with E-state index >= 15 is 0 Å². The van der Waals surface area contributed by atoms with E-state index in [1.165, 1.54) is 6.42 Å². The highest BCUT2D eigenvalue weighted by molar-refractivity contribution is 5.86. The Balaban J connectivity index is 2.38. The van der Waals surface area contributed by atoms with Crippen molar-refractivity contribution in [2.24, 2.45) is 11.7 Å². The molecule has 1 aliphatic rings. The van der Waals surface area contributed by atoms with Gasteiger partial charge in [0, 0.05) is 6.54 Å². The summed E-state index contributed by atoms with van der Waals surface area (Å²) in [5.41, 5.74) is 5.40. The maximum atomic E-state index is 12.0. The lowest BCUT2D eigenvalue weighted by atomic mass is 9.82. The van der Waals surface area contributed by atoms with Gasteiger partial charge in [-0.25, -0.2) is 0 Å². The fraction of sp³-hybridized carbons (Fsp3) is 0.923. The minimum atomic E-state index is -0.701. The van der Waals surface area contributed by atoms with Gasteiger partial charge in [-0.15, -0.1) is 0 Å². The molecule has 0 spiro atoms. The normalized spacial score (nSPS) is 22.8. The first-order chi connectivity index (χ1) is 7.99.